The third-order valence-electron chi connectivity index (χ3n) is 3.33. The van der Waals surface area contributed by atoms with Crippen LogP contribution in [0.1, 0.15) is 0 Å². The largest absolute Gasteiger partial charge is 0.370 e. The van der Waals surface area contributed by atoms with E-state index in [4.69, 9.17) is 11.1 Å². The Labute approximate surface area is 117 Å². The topological polar surface area (TPSA) is 68.4 Å². The highest BCUT2D eigenvalue weighted by atomic mass is 32.2. The van der Waals surface area contributed by atoms with Crippen molar-refractivity contribution in [1.82, 2.24) is 4.31 Å². The fourth-order valence-electron chi connectivity index (χ4n) is 2.27. The fourth-order valence-corrected chi connectivity index (χ4v) is 3.24. The molecular formula is C13H23N5S. The molecule has 1 aliphatic heterocycles. The van der Waals surface area contributed by atoms with Crippen molar-refractivity contribution in [2.75, 3.05) is 48.9 Å². The van der Waals surface area contributed by atoms with Crippen LogP contribution >= 0.6 is 11.1 Å². The monoisotopic (exact) mass is 281 g/mol. The molecule has 0 bridgehead atoms. The number of hydrogen-bond acceptors (Lipinski definition) is 3. The van der Waals surface area contributed by atoms with Gasteiger partial charge in [0.15, 0.2) is 5.96 Å². The Balaban J connectivity index is 1.94. The van der Waals surface area contributed by atoms with Crippen molar-refractivity contribution in [3.63, 3.8) is 0 Å². The molecule has 0 unspecified atom stereocenters. The zero-order chi connectivity index (χ0) is 13.8. The van der Waals surface area contributed by atoms with Crippen LogP contribution in [-0.4, -0.2) is 49.0 Å². The number of piperazine rings is 1. The summed E-state index contributed by atoms with van der Waals surface area (Å²) in [6.07, 6.45) is 4.63. The quantitative estimate of drug-likeness (QED) is 0.383. The molecule has 0 aliphatic carbocycles. The van der Waals surface area contributed by atoms with Crippen molar-refractivity contribution in [1.29, 1.82) is 5.41 Å². The van der Waals surface area contributed by atoms with Gasteiger partial charge in [0.2, 0.25) is 0 Å². The second-order valence-corrected chi connectivity index (χ2v) is 7.13. The van der Waals surface area contributed by atoms with Crippen LogP contribution in [0.2, 0.25) is 0 Å². The molecule has 0 aromatic heterocycles. The summed E-state index contributed by atoms with van der Waals surface area (Å²) >= 11 is 0.0375. The van der Waals surface area contributed by atoms with Crippen molar-refractivity contribution >= 4 is 28.4 Å². The number of nitrogens with one attached hydrogen (secondary N) is 2. The standard InChI is InChI=1S/C13H23N5S/c1-19(2)18-9-7-17(8-10-18)12-5-3-11(4-6-12)16-13(14)15/h3-6,19H,7-10H2,1-2H3,(H4,14,15,16). The molecular weight excluding hydrogens is 258 g/mol. The van der Waals surface area contributed by atoms with Crippen LogP contribution in [0.25, 0.3) is 0 Å². The van der Waals surface area contributed by atoms with Crippen molar-refractivity contribution < 1.29 is 0 Å². The second kappa shape index (κ2) is 6.16. The number of guanidine groups is 1. The van der Waals surface area contributed by atoms with E-state index >= 15 is 0 Å². The summed E-state index contributed by atoms with van der Waals surface area (Å²) in [6.45, 7) is 4.46. The molecule has 1 aromatic carbocycles. The molecule has 1 saturated heterocycles. The summed E-state index contributed by atoms with van der Waals surface area (Å²) in [5.41, 5.74) is 7.41. The molecule has 0 radical (unpaired) electrons. The Morgan fingerprint density at radius 1 is 1.16 bits per heavy atom. The third kappa shape index (κ3) is 3.78. The zero-order valence-corrected chi connectivity index (χ0v) is 12.5. The minimum atomic E-state index is -0.0272. The van der Waals surface area contributed by atoms with Gasteiger partial charge < -0.3 is 16.0 Å². The number of nitrogens with two attached hydrogens (primary N) is 1. The predicted octanol–water partition coefficient (Wildman–Crippen LogP) is 1.29. The van der Waals surface area contributed by atoms with Gasteiger partial charge in [-0.15, -0.1) is 0 Å². The van der Waals surface area contributed by atoms with Gasteiger partial charge in [-0.05, 0) is 36.8 Å². The lowest BCUT2D eigenvalue weighted by Crippen LogP contribution is -2.44. The van der Waals surface area contributed by atoms with Crippen molar-refractivity contribution in [2.45, 2.75) is 0 Å². The first-order chi connectivity index (χ1) is 9.06. The number of hydrogen-bond donors (Lipinski definition) is 4. The summed E-state index contributed by atoms with van der Waals surface area (Å²) in [5.74, 6) is -0.0272. The molecule has 0 spiro atoms. The molecule has 0 atom stereocenters. The average molecular weight is 281 g/mol. The molecule has 6 heteroatoms. The van der Waals surface area contributed by atoms with E-state index in [0.717, 1.165) is 31.9 Å². The average Bonchev–Trinajstić information content (AvgIpc) is 2.39. The van der Waals surface area contributed by atoms with E-state index < -0.39 is 0 Å². The number of nitrogens with zero attached hydrogens (tertiary/aromatic N) is 2. The van der Waals surface area contributed by atoms with Gasteiger partial charge in [0.05, 0.1) is 0 Å². The minimum absolute atomic E-state index is 0.0272. The minimum Gasteiger partial charge on any atom is -0.370 e. The van der Waals surface area contributed by atoms with E-state index in [2.05, 4.69) is 39.2 Å². The molecule has 1 heterocycles. The van der Waals surface area contributed by atoms with E-state index in [1.165, 1.54) is 5.69 Å². The van der Waals surface area contributed by atoms with E-state index in [-0.39, 0.29) is 17.0 Å². The fraction of sp³-hybridized carbons (Fsp3) is 0.462. The van der Waals surface area contributed by atoms with Crippen molar-refractivity contribution in [3.8, 4) is 0 Å². The molecule has 0 amide bonds. The maximum Gasteiger partial charge on any atom is 0.190 e. The van der Waals surface area contributed by atoms with Crippen LogP contribution in [0.4, 0.5) is 11.4 Å². The van der Waals surface area contributed by atoms with Gasteiger partial charge in [-0.25, -0.2) is 11.1 Å². The first kappa shape index (κ1) is 14.0. The summed E-state index contributed by atoms with van der Waals surface area (Å²) in [6, 6.07) is 8.11. The van der Waals surface area contributed by atoms with Crippen LogP contribution in [0.3, 0.4) is 0 Å². The summed E-state index contributed by atoms with van der Waals surface area (Å²) in [5, 5.41) is 9.99. The van der Waals surface area contributed by atoms with E-state index in [0.29, 0.717) is 0 Å². The van der Waals surface area contributed by atoms with Gasteiger partial charge in [-0.3, -0.25) is 9.71 Å². The second-order valence-electron chi connectivity index (χ2n) is 4.87. The normalized spacial score (nSPS) is 17.2. The Morgan fingerprint density at radius 2 is 1.74 bits per heavy atom. The maximum atomic E-state index is 7.20. The van der Waals surface area contributed by atoms with Gasteiger partial charge in [0, 0.05) is 37.6 Å². The van der Waals surface area contributed by atoms with Crippen LogP contribution in [0, 0.1) is 5.41 Å². The first-order valence-electron chi connectivity index (χ1n) is 6.44. The highest BCUT2D eigenvalue weighted by Crippen LogP contribution is 2.25. The molecule has 106 valence electrons. The smallest absolute Gasteiger partial charge is 0.190 e. The molecule has 1 fully saturated rings. The first-order valence-corrected chi connectivity index (χ1v) is 8.63. The Morgan fingerprint density at radius 3 is 2.21 bits per heavy atom. The zero-order valence-electron chi connectivity index (χ0n) is 11.6. The molecule has 19 heavy (non-hydrogen) atoms. The maximum absolute atomic E-state index is 7.20. The highest BCUT2D eigenvalue weighted by Gasteiger charge is 2.17. The van der Waals surface area contributed by atoms with E-state index in [1.54, 1.807) is 0 Å². The van der Waals surface area contributed by atoms with Gasteiger partial charge in [-0.1, -0.05) is 0 Å². The molecule has 2 rings (SSSR count). The van der Waals surface area contributed by atoms with Gasteiger partial charge in [0.1, 0.15) is 0 Å². The van der Waals surface area contributed by atoms with Gasteiger partial charge in [0.25, 0.3) is 0 Å². The third-order valence-corrected chi connectivity index (χ3v) is 4.86. The Bertz CT molecular complexity index is 423. The molecule has 5 nitrogen and oxygen atoms in total. The lowest BCUT2D eigenvalue weighted by Gasteiger charge is -2.39. The number of rotatable bonds is 3. The molecule has 0 saturated carbocycles. The number of thiol groups is 1. The Hall–Kier alpha value is -1.40. The molecule has 1 aromatic rings. The molecule has 1 aliphatic rings. The predicted molar refractivity (Wildman–Crippen MR) is 86.6 cm³/mol. The summed E-state index contributed by atoms with van der Waals surface area (Å²) in [4.78, 5) is 2.41. The van der Waals surface area contributed by atoms with Crippen molar-refractivity contribution in [2.24, 2.45) is 5.73 Å². The van der Waals surface area contributed by atoms with Gasteiger partial charge >= 0.3 is 0 Å². The highest BCUT2D eigenvalue weighted by molar-refractivity contribution is 8.13. The van der Waals surface area contributed by atoms with E-state index in [9.17, 15) is 0 Å². The van der Waals surface area contributed by atoms with Gasteiger partial charge in [-0.2, -0.15) is 0 Å². The van der Waals surface area contributed by atoms with E-state index in [1.807, 2.05) is 12.1 Å². The van der Waals surface area contributed by atoms with Crippen LogP contribution < -0.4 is 16.0 Å². The lowest BCUT2D eigenvalue weighted by atomic mass is 10.2. The SMILES string of the molecule is C[SH](C)N1CCN(c2ccc(NC(=N)N)cc2)CC1. The van der Waals surface area contributed by atoms with Crippen LogP contribution in [-0.2, 0) is 0 Å². The van der Waals surface area contributed by atoms with Crippen LogP contribution in [0.15, 0.2) is 24.3 Å². The molecule has 4 N–H and O–H groups in total. The Kier molecular flexibility index (Phi) is 4.55. The lowest BCUT2D eigenvalue weighted by molar-refractivity contribution is 0.427. The number of anilines is 2. The van der Waals surface area contributed by atoms with Crippen molar-refractivity contribution in [3.05, 3.63) is 24.3 Å². The number of benzene rings is 1. The summed E-state index contributed by atoms with van der Waals surface area (Å²) < 4.78 is 2.57. The summed E-state index contributed by atoms with van der Waals surface area (Å²) in [7, 11) is 0. The van der Waals surface area contributed by atoms with Crippen LogP contribution in [0.5, 0.6) is 0 Å².